The molecule has 2 amide bonds. The van der Waals surface area contributed by atoms with Crippen LogP contribution in [0.1, 0.15) is 35.8 Å². The van der Waals surface area contributed by atoms with E-state index < -0.39 is 24.0 Å². The van der Waals surface area contributed by atoms with Crippen LogP contribution in [0.5, 0.6) is 0 Å². The molecular weight excluding hydrogens is 334 g/mol. The summed E-state index contributed by atoms with van der Waals surface area (Å²) in [6, 6.07) is 8.81. The summed E-state index contributed by atoms with van der Waals surface area (Å²) in [5.41, 5.74) is 3.19. The topological polar surface area (TPSA) is 112 Å². The normalized spacial score (nSPS) is 11.8. The highest BCUT2D eigenvalue weighted by molar-refractivity contribution is 5.97. The first-order valence-corrected chi connectivity index (χ1v) is 7.46. The molecule has 0 saturated heterocycles. The van der Waals surface area contributed by atoms with Crippen molar-refractivity contribution in [2.75, 3.05) is 0 Å². The van der Waals surface area contributed by atoms with Crippen molar-refractivity contribution in [3.8, 4) is 11.8 Å². The van der Waals surface area contributed by atoms with Crippen molar-refractivity contribution < 1.29 is 19.9 Å². The van der Waals surface area contributed by atoms with Gasteiger partial charge in [-0.25, -0.2) is 5.48 Å². The van der Waals surface area contributed by atoms with Gasteiger partial charge in [0, 0.05) is 29.1 Å². The van der Waals surface area contributed by atoms with Crippen molar-refractivity contribution in [3.63, 3.8) is 0 Å². The van der Waals surface area contributed by atoms with Gasteiger partial charge in [0.15, 0.2) is 0 Å². The van der Waals surface area contributed by atoms with Crippen LogP contribution in [0.15, 0.2) is 48.8 Å². The minimum atomic E-state index is -1.26. The SMILES string of the molecule is C.C[C@@H](O)[C@H](NC(=O)c1ccc(C#Cc2cccnc2)cc1)C(=O)NO. The number of pyridine rings is 1. The molecule has 2 rings (SSSR count). The van der Waals surface area contributed by atoms with Crippen LogP contribution in [0.2, 0.25) is 0 Å². The van der Waals surface area contributed by atoms with E-state index in [2.05, 4.69) is 22.1 Å². The van der Waals surface area contributed by atoms with E-state index in [-0.39, 0.29) is 7.43 Å². The summed E-state index contributed by atoms with van der Waals surface area (Å²) in [5, 5.41) is 20.5. The molecule has 0 spiro atoms. The number of rotatable bonds is 4. The molecule has 1 aromatic heterocycles. The number of nitrogens with one attached hydrogen (secondary N) is 2. The zero-order valence-corrected chi connectivity index (χ0v) is 13.4. The van der Waals surface area contributed by atoms with E-state index in [0.717, 1.165) is 5.56 Å². The predicted molar refractivity (Wildman–Crippen MR) is 96.3 cm³/mol. The number of aromatic nitrogens is 1. The second-order valence-corrected chi connectivity index (χ2v) is 5.24. The molecule has 0 saturated carbocycles. The molecule has 0 aliphatic heterocycles. The third-order valence-electron chi connectivity index (χ3n) is 3.32. The average Bonchev–Trinajstić information content (AvgIpc) is 2.64. The molecule has 0 aliphatic rings. The highest BCUT2D eigenvalue weighted by Gasteiger charge is 2.25. The van der Waals surface area contributed by atoms with Crippen LogP contribution in [0.25, 0.3) is 0 Å². The summed E-state index contributed by atoms with van der Waals surface area (Å²) < 4.78 is 0. The fourth-order valence-corrected chi connectivity index (χ4v) is 1.99. The van der Waals surface area contributed by atoms with E-state index in [9.17, 15) is 14.7 Å². The quantitative estimate of drug-likeness (QED) is 0.373. The predicted octanol–water partition coefficient (Wildman–Crippen LogP) is 1.10. The lowest BCUT2D eigenvalue weighted by atomic mass is 10.1. The second kappa shape index (κ2) is 9.93. The van der Waals surface area contributed by atoms with Gasteiger partial charge in [-0.2, -0.15) is 0 Å². The van der Waals surface area contributed by atoms with Gasteiger partial charge < -0.3 is 10.4 Å². The van der Waals surface area contributed by atoms with Gasteiger partial charge in [-0.3, -0.25) is 19.8 Å². The van der Waals surface area contributed by atoms with E-state index >= 15 is 0 Å². The smallest absolute Gasteiger partial charge is 0.268 e. The standard InChI is InChI=1S/C18H17N3O4.CH4/c1-12(22)16(18(24)21-25)20-17(23)15-8-6-13(7-9-15)4-5-14-3-2-10-19-11-14;/h2-3,6-12,16,22,25H,1H3,(H,20,23)(H,21,24);1H4/t12-,16+;/m1./s1. The Morgan fingerprint density at radius 3 is 2.31 bits per heavy atom. The Kier molecular flexibility index (Phi) is 7.96. The number of benzene rings is 1. The van der Waals surface area contributed by atoms with Gasteiger partial charge >= 0.3 is 0 Å². The number of nitrogens with zero attached hydrogens (tertiary/aromatic N) is 1. The van der Waals surface area contributed by atoms with Crippen LogP contribution >= 0.6 is 0 Å². The summed E-state index contributed by atoms with van der Waals surface area (Å²) in [6.07, 6.45) is 2.15. The molecule has 136 valence electrons. The maximum absolute atomic E-state index is 12.1. The molecule has 1 aromatic carbocycles. The Morgan fingerprint density at radius 1 is 1.12 bits per heavy atom. The van der Waals surface area contributed by atoms with Crippen LogP contribution in [0, 0.1) is 11.8 Å². The number of hydroxylamine groups is 1. The number of aliphatic hydroxyl groups is 1. The number of aliphatic hydroxyl groups excluding tert-OH is 1. The number of carbonyl (C=O) groups excluding carboxylic acids is 2. The highest BCUT2D eigenvalue weighted by Crippen LogP contribution is 2.05. The number of amides is 2. The van der Waals surface area contributed by atoms with Crippen LogP contribution in [0.4, 0.5) is 0 Å². The largest absolute Gasteiger partial charge is 0.391 e. The van der Waals surface area contributed by atoms with E-state index in [1.165, 1.54) is 12.4 Å². The lowest BCUT2D eigenvalue weighted by Gasteiger charge is -2.19. The van der Waals surface area contributed by atoms with Crippen LogP contribution in [-0.4, -0.2) is 39.3 Å². The van der Waals surface area contributed by atoms with Crippen LogP contribution < -0.4 is 10.8 Å². The number of hydrogen-bond donors (Lipinski definition) is 4. The van der Waals surface area contributed by atoms with Gasteiger partial charge in [0.2, 0.25) is 0 Å². The molecule has 7 heteroatoms. The first-order valence-electron chi connectivity index (χ1n) is 7.46. The van der Waals surface area contributed by atoms with Gasteiger partial charge in [-0.1, -0.05) is 19.3 Å². The molecule has 26 heavy (non-hydrogen) atoms. The molecule has 0 unspecified atom stereocenters. The van der Waals surface area contributed by atoms with E-state index in [0.29, 0.717) is 11.1 Å². The van der Waals surface area contributed by atoms with Gasteiger partial charge in [0.05, 0.1) is 6.10 Å². The Labute approximate surface area is 152 Å². The van der Waals surface area contributed by atoms with Crippen molar-refractivity contribution in [2.24, 2.45) is 0 Å². The maximum Gasteiger partial charge on any atom is 0.268 e. The zero-order chi connectivity index (χ0) is 18.2. The van der Waals surface area contributed by atoms with Gasteiger partial charge in [0.1, 0.15) is 6.04 Å². The lowest BCUT2D eigenvalue weighted by molar-refractivity contribution is -0.133. The van der Waals surface area contributed by atoms with Gasteiger partial charge in [-0.05, 0) is 43.3 Å². The molecule has 4 N–H and O–H groups in total. The van der Waals surface area contributed by atoms with Crippen molar-refractivity contribution in [2.45, 2.75) is 26.5 Å². The molecule has 0 bridgehead atoms. The summed E-state index contributed by atoms with van der Waals surface area (Å²) in [4.78, 5) is 27.5. The van der Waals surface area contributed by atoms with E-state index in [1.807, 2.05) is 6.07 Å². The Balaban J connectivity index is 0.00000338. The Morgan fingerprint density at radius 2 is 1.77 bits per heavy atom. The molecule has 7 nitrogen and oxygen atoms in total. The second-order valence-electron chi connectivity index (χ2n) is 5.24. The van der Waals surface area contributed by atoms with Crippen molar-refractivity contribution in [1.29, 1.82) is 0 Å². The molecule has 0 fully saturated rings. The first kappa shape index (κ1) is 20.8. The Hall–Kier alpha value is -3.21. The molecule has 2 atom stereocenters. The minimum Gasteiger partial charge on any atom is -0.391 e. The van der Waals surface area contributed by atoms with Gasteiger partial charge in [-0.15, -0.1) is 0 Å². The summed E-state index contributed by atoms with van der Waals surface area (Å²) in [5.74, 6) is 4.45. The molecule has 1 heterocycles. The fraction of sp³-hybridized carbons (Fsp3) is 0.211. The summed E-state index contributed by atoms with van der Waals surface area (Å²) in [6.45, 7) is 1.33. The third kappa shape index (κ3) is 5.70. The van der Waals surface area contributed by atoms with Gasteiger partial charge in [0.25, 0.3) is 11.8 Å². The van der Waals surface area contributed by atoms with Crippen molar-refractivity contribution in [3.05, 3.63) is 65.5 Å². The van der Waals surface area contributed by atoms with E-state index in [4.69, 9.17) is 5.21 Å². The fourth-order valence-electron chi connectivity index (χ4n) is 1.99. The van der Waals surface area contributed by atoms with Crippen molar-refractivity contribution >= 4 is 11.8 Å². The Bertz CT molecular complexity index is 793. The average molecular weight is 355 g/mol. The molecule has 0 radical (unpaired) electrons. The minimum absolute atomic E-state index is 0. The highest BCUT2D eigenvalue weighted by atomic mass is 16.5. The summed E-state index contributed by atoms with van der Waals surface area (Å²) >= 11 is 0. The number of carbonyl (C=O) groups is 2. The van der Waals surface area contributed by atoms with Crippen LogP contribution in [0.3, 0.4) is 0 Å². The first-order chi connectivity index (χ1) is 12.0. The monoisotopic (exact) mass is 355 g/mol. The molecule has 2 aromatic rings. The maximum atomic E-state index is 12.1. The van der Waals surface area contributed by atoms with Crippen molar-refractivity contribution in [1.82, 2.24) is 15.8 Å². The number of hydrogen-bond acceptors (Lipinski definition) is 5. The zero-order valence-electron chi connectivity index (χ0n) is 13.4. The van der Waals surface area contributed by atoms with E-state index in [1.54, 1.807) is 42.7 Å². The third-order valence-corrected chi connectivity index (χ3v) is 3.32. The van der Waals surface area contributed by atoms with Crippen LogP contribution in [-0.2, 0) is 4.79 Å². The molecular formula is C19H21N3O4. The lowest BCUT2D eigenvalue weighted by Crippen LogP contribution is -2.51. The molecule has 0 aliphatic carbocycles. The summed E-state index contributed by atoms with van der Waals surface area (Å²) in [7, 11) is 0.